The molecule has 2 atom stereocenters. The number of rotatable bonds is 6. The molecule has 0 saturated carbocycles. The molecule has 0 heterocycles. The van der Waals surface area contributed by atoms with Gasteiger partial charge in [-0.1, -0.05) is 36.4 Å². The number of hydrogen-bond acceptors (Lipinski definition) is 6. The zero-order chi connectivity index (χ0) is 25.2. The van der Waals surface area contributed by atoms with Gasteiger partial charge in [0, 0.05) is 0 Å². The molecule has 0 aliphatic carbocycles. The highest BCUT2D eigenvalue weighted by atomic mass is 16.5. The lowest BCUT2D eigenvalue weighted by Crippen LogP contribution is -2.19. The van der Waals surface area contributed by atoms with Crippen molar-refractivity contribution in [1.29, 1.82) is 0 Å². The van der Waals surface area contributed by atoms with Gasteiger partial charge < -0.3 is 30.3 Å². The number of carboxylic acids is 2. The van der Waals surface area contributed by atoms with Crippen LogP contribution in [0.4, 0.5) is 0 Å². The first-order chi connectivity index (χ1) is 14.8. The van der Waals surface area contributed by atoms with E-state index < -0.39 is 23.6 Å². The standard InChI is InChI=1S/2C7H6O2.C6H14O3.C4H10O/c2*8-7(9)6-4-2-1-3-5-6;1-5(8)4-9-6(2)3-7;1-4(2,3)5/h2*1-5H,(H,8,9);5-8H,3-4H2,1-2H3;5H,1-3H3. The van der Waals surface area contributed by atoms with Crippen LogP contribution in [0.5, 0.6) is 0 Å². The van der Waals surface area contributed by atoms with Crippen molar-refractivity contribution >= 4 is 11.9 Å². The van der Waals surface area contributed by atoms with Gasteiger partial charge in [-0.2, -0.15) is 0 Å². The molecule has 0 aliphatic heterocycles. The number of carbonyl (C=O) groups is 2. The van der Waals surface area contributed by atoms with Crippen molar-refractivity contribution in [3.63, 3.8) is 0 Å². The lowest BCUT2D eigenvalue weighted by Gasteiger charge is -2.10. The number of aromatic carboxylic acids is 2. The van der Waals surface area contributed by atoms with Crippen LogP contribution in [-0.4, -0.2) is 68.5 Å². The van der Waals surface area contributed by atoms with Gasteiger partial charge in [0.1, 0.15) is 0 Å². The summed E-state index contributed by atoms with van der Waals surface area (Å²) in [6.45, 7) is 8.92. The molecule has 32 heavy (non-hydrogen) atoms. The highest BCUT2D eigenvalue weighted by Gasteiger charge is 2.01. The van der Waals surface area contributed by atoms with Crippen LogP contribution in [0.3, 0.4) is 0 Å². The molecule has 0 fully saturated rings. The lowest BCUT2D eigenvalue weighted by atomic mass is 10.2. The van der Waals surface area contributed by atoms with E-state index in [1.54, 1.807) is 95.3 Å². The van der Waals surface area contributed by atoms with Gasteiger partial charge in [0.05, 0.1) is 42.1 Å². The first kappa shape index (κ1) is 31.4. The molecule has 0 bridgehead atoms. The number of aliphatic hydroxyl groups excluding tert-OH is 2. The average molecular weight is 453 g/mol. The van der Waals surface area contributed by atoms with Crippen molar-refractivity contribution in [2.45, 2.75) is 52.4 Å². The second kappa shape index (κ2) is 17.9. The van der Waals surface area contributed by atoms with Gasteiger partial charge >= 0.3 is 11.9 Å². The monoisotopic (exact) mass is 452 g/mol. The fraction of sp³-hybridized carbons (Fsp3) is 0.417. The summed E-state index contributed by atoms with van der Waals surface area (Å²) in [5, 5.41) is 42.4. The van der Waals surface area contributed by atoms with Gasteiger partial charge in [0.2, 0.25) is 0 Å². The Morgan fingerprint density at radius 3 is 1.34 bits per heavy atom. The predicted octanol–water partition coefficient (Wildman–Crippen LogP) is 3.31. The SMILES string of the molecule is CC(C)(C)O.CC(O)COC(C)CO.O=C(O)c1ccccc1.O=C(O)c1ccccc1. The first-order valence-corrected chi connectivity index (χ1v) is 9.97. The molecule has 2 unspecified atom stereocenters. The maximum atomic E-state index is 10.2. The van der Waals surface area contributed by atoms with Crippen LogP contribution in [0.2, 0.25) is 0 Å². The number of ether oxygens (including phenoxy) is 1. The number of hydrogen-bond donors (Lipinski definition) is 5. The molecule has 2 aromatic carbocycles. The molecule has 8 nitrogen and oxygen atoms in total. The number of benzene rings is 2. The zero-order valence-electron chi connectivity index (χ0n) is 19.3. The third-order valence-electron chi connectivity index (χ3n) is 2.92. The van der Waals surface area contributed by atoms with Gasteiger partial charge in [0.15, 0.2) is 0 Å². The number of carboxylic acid groups (broad SMARTS) is 2. The zero-order valence-corrected chi connectivity index (χ0v) is 19.3. The third kappa shape index (κ3) is 23.5. The molecule has 0 spiro atoms. The van der Waals surface area contributed by atoms with E-state index in [2.05, 4.69) is 0 Å². The van der Waals surface area contributed by atoms with Crippen LogP contribution < -0.4 is 0 Å². The first-order valence-electron chi connectivity index (χ1n) is 9.97. The summed E-state index contributed by atoms with van der Waals surface area (Å²) in [6, 6.07) is 16.6. The molecule has 0 radical (unpaired) electrons. The Kier molecular flexibility index (Phi) is 17.5. The van der Waals surface area contributed by atoms with Gasteiger partial charge in [-0.3, -0.25) is 0 Å². The van der Waals surface area contributed by atoms with Gasteiger partial charge in [-0.05, 0) is 58.9 Å². The molecule has 0 aromatic heterocycles. The van der Waals surface area contributed by atoms with Crippen LogP contribution in [0.1, 0.15) is 55.3 Å². The highest BCUT2D eigenvalue weighted by Crippen LogP contribution is 1.97. The molecular formula is C24H36O8. The van der Waals surface area contributed by atoms with E-state index in [1.165, 1.54) is 0 Å². The molecule has 180 valence electrons. The minimum Gasteiger partial charge on any atom is -0.478 e. The van der Waals surface area contributed by atoms with Crippen LogP contribution in [0.15, 0.2) is 60.7 Å². The maximum Gasteiger partial charge on any atom is 0.335 e. The van der Waals surface area contributed by atoms with E-state index >= 15 is 0 Å². The van der Waals surface area contributed by atoms with Crippen LogP contribution in [0, 0.1) is 0 Å². The van der Waals surface area contributed by atoms with Crippen LogP contribution in [-0.2, 0) is 4.74 Å². The quantitative estimate of drug-likeness (QED) is 0.449. The predicted molar refractivity (Wildman–Crippen MR) is 123 cm³/mol. The summed E-state index contributed by atoms with van der Waals surface area (Å²) < 4.78 is 4.95. The Bertz CT molecular complexity index is 669. The third-order valence-corrected chi connectivity index (χ3v) is 2.92. The molecule has 5 N–H and O–H groups in total. The maximum absolute atomic E-state index is 10.2. The molecule has 2 aromatic rings. The van der Waals surface area contributed by atoms with Crippen molar-refractivity contribution in [3.8, 4) is 0 Å². The molecule has 8 heteroatoms. The minimum absolute atomic E-state index is 0.00667. The summed E-state index contributed by atoms with van der Waals surface area (Å²) in [5.41, 5.74) is 0.162. The average Bonchev–Trinajstić information content (AvgIpc) is 2.73. The number of aliphatic hydroxyl groups is 3. The summed E-state index contributed by atoms with van der Waals surface area (Å²) >= 11 is 0. The van der Waals surface area contributed by atoms with E-state index in [-0.39, 0.29) is 12.7 Å². The molecule has 2 rings (SSSR count). The Morgan fingerprint density at radius 2 is 1.16 bits per heavy atom. The Morgan fingerprint density at radius 1 is 0.844 bits per heavy atom. The summed E-state index contributed by atoms with van der Waals surface area (Å²) in [6.07, 6.45) is -0.612. The molecular weight excluding hydrogens is 416 g/mol. The van der Waals surface area contributed by atoms with Gasteiger partial charge in [0.25, 0.3) is 0 Å². The molecule has 0 amide bonds. The van der Waals surface area contributed by atoms with E-state index in [0.29, 0.717) is 17.7 Å². The minimum atomic E-state index is -0.879. The summed E-state index contributed by atoms with van der Waals surface area (Å²) in [7, 11) is 0. The largest absolute Gasteiger partial charge is 0.478 e. The van der Waals surface area contributed by atoms with E-state index in [4.69, 9.17) is 30.3 Å². The molecule has 0 saturated heterocycles. The summed E-state index contributed by atoms with van der Waals surface area (Å²) in [5.74, 6) is -1.76. The van der Waals surface area contributed by atoms with Crippen LogP contribution >= 0.6 is 0 Å². The van der Waals surface area contributed by atoms with Gasteiger partial charge in [-0.15, -0.1) is 0 Å². The summed E-state index contributed by atoms with van der Waals surface area (Å²) in [4.78, 5) is 20.4. The van der Waals surface area contributed by atoms with Crippen molar-refractivity contribution in [3.05, 3.63) is 71.8 Å². The van der Waals surface area contributed by atoms with Crippen LogP contribution in [0.25, 0.3) is 0 Å². The molecule has 0 aliphatic rings. The fourth-order valence-electron chi connectivity index (χ4n) is 1.52. The van der Waals surface area contributed by atoms with E-state index in [1.807, 2.05) is 0 Å². The Hall–Kier alpha value is -2.78. The lowest BCUT2D eigenvalue weighted by molar-refractivity contribution is -0.0177. The highest BCUT2D eigenvalue weighted by molar-refractivity contribution is 5.87. The normalized spacial score (nSPS) is 11.8. The van der Waals surface area contributed by atoms with Gasteiger partial charge in [-0.25, -0.2) is 9.59 Å². The smallest absolute Gasteiger partial charge is 0.335 e. The van der Waals surface area contributed by atoms with E-state index in [0.717, 1.165) is 0 Å². The second-order valence-corrected chi connectivity index (χ2v) is 7.69. The van der Waals surface area contributed by atoms with Crippen molar-refractivity contribution in [1.82, 2.24) is 0 Å². The van der Waals surface area contributed by atoms with Crippen molar-refractivity contribution < 1.29 is 39.9 Å². The topological polar surface area (TPSA) is 145 Å². The van der Waals surface area contributed by atoms with Crippen molar-refractivity contribution in [2.24, 2.45) is 0 Å². The Labute approximate surface area is 189 Å². The second-order valence-electron chi connectivity index (χ2n) is 7.69. The van der Waals surface area contributed by atoms with E-state index in [9.17, 15) is 9.59 Å². The fourth-order valence-corrected chi connectivity index (χ4v) is 1.52. The van der Waals surface area contributed by atoms with Crippen molar-refractivity contribution in [2.75, 3.05) is 13.2 Å². The Balaban J connectivity index is 0.